The monoisotopic (exact) mass is 385 g/mol. The first-order chi connectivity index (χ1) is 12.6. The highest BCUT2D eigenvalue weighted by Crippen LogP contribution is 2.23. The predicted octanol–water partition coefficient (Wildman–Crippen LogP) is 1.91. The summed E-state index contributed by atoms with van der Waals surface area (Å²) >= 11 is 0. The molecule has 0 aliphatic heterocycles. The van der Waals surface area contributed by atoms with E-state index in [1.54, 1.807) is 7.05 Å². The van der Waals surface area contributed by atoms with Crippen LogP contribution in [0.2, 0.25) is 0 Å². The van der Waals surface area contributed by atoms with Crippen molar-refractivity contribution in [3.8, 4) is 0 Å². The second kappa shape index (κ2) is 10.6. The largest absolute Gasteiger partial charge is 0.371 e. The third-order valence-electron chi connectivity index (χ3n) is 4.52. The minimum absolute atomic E-state index is 0.187. The summed E-state index contributed by atoms with van der Waals surface area (Å²) in [5, 5.41) is 10.9. The minimum Gasteiger partial charge on any atom is -0.371 e. The van der Waals surface area contributed by atoms with Gasteiger partial charge in [-0.1, -0.05) is 18.5 Å². The van der Waals surface area contributed by atoms with Crippen LogP contribution in [0.15, 0.2) is 9.52 Å². The van der Waals surface area contributed by atoms with Crippen LogP contribution in [-0.4, -0.2) is 51.0 Å². The quantitative estimate of drug-likeness (QED) is 0.520. The van der Waals surface area contributed by atoms with Crippen molar-refractivity contribution in [1.29, 1.82) is 0 Å². The molecule has 1 heterocycles. The molecule has 1 aliphatic carbocycles. The molecule has 2 N–H and O–H groups in total. The zero-order valence-electron chi connectivity index (χ0n) is 16.2. The van der Waals surface area contributed by atoms with Crippen LogP contribution >= 0.6 is 0 Å². The Bertz CT molecular complexity index is 607. The topological polar surface area (TPSA) is 102 Å². The highest BCUT2D eigenvalue weighted by Gasteiger charge is 2.26. The Morgan fingerprint density at radius 1 is 1.46 bits per heavy atom. The molecule has 0 spiro atoms. The fourth-order valence-electron chi connectivity index (χ4n) is 3.13. The van der Waals surface area contributed by atoms with Crippen LogP contribution in [0.1, 0.15) is 64.3 Å². The third kappa shape index (κ3) is 6.05. The number of nitrogens with one attached hydrogen (secondary N) is 2. The average Bonchev–Trinajstić information content (AvgIpc) is 3.14. The first-order valence-corrected chi connectivity index (χ1v) is 10.7. The van der Waals surface area contributed by atoms with E-state index in [0.29, 0.717) is 30.8 Å². The number of nitrogens with zero attached hydrogens (tertiary/aromatic N) is 3. The van der Waals surface area contributed by atoms with Crippen LogP contribution < -0.4 is 10.6 Å². The number of hydrogen-bond acceptors (Lipinski definition) is 6. The van der Waals surface area contributed by atoms with E-state index in [1.807, 2.05) is 20.8 Å². The number of aliphatic imine (C=N–C) groups is 1. The van der Waals surface area contributed by atoms with Crippen LogP contribution in [0.3, 0.4) is 0 Å². The number of guanidine groups is 1. The molecule has 0 bridgehead atoms. The van der Waals surface area contributed by atoms with Gasteiger partial charge < -0.3 is 19.9 Å². The van der Waals surface area contributed by atoms with E-state index in [4.69, 9.17) is 9.26 Å². The van der Waals surface area contributed by atoms with Gasteiger partial charge in [-0.15, -0.1) is 0 Å². The Hall–Kier alpha value is -1.48. The number of rotatable bonds is 8. The lowest BCUT2D eigenvalue weighted by Crippen LogP contribution is -2.46. The lowest BCUT2D eigenvalue weighted by molar-refractivity contribution is 0.0683. The molecule has 0 saturated heterocycles. The number of aromatic nitrogens is 2. The maximum Gasteiger partial charge on any atom is 0.246 e. The van der Waals surface area contributed by atoms with Gasteiger partial charge in [0, 0.05) is 41.5 Å². The van der Waals surface area contributed by atoms with Crippen molar-refractivity contribution in [2.24, 2.45) is 4.99 Å². The number of ether oxygens (including phenoxy) is 1. The molecule has 0 radical (unpaired) electrons. The van der Waals surface area contributed by atoms with Crippen molar-refractivity contribution in [1.82, 2.24) is 20.8 Å². The van der Waals surface area contributed by atoms with E-state index in [9.17, 15) is 4.21 Å². The normalized spacial score (nSPS) is 23.5. The smallest absolute Gasteiger partial charge is 0.246 e. The third-order valence-corrected chi connectivity index (χ3v) is 6.26. The zero-order valence-corrected chi connectivity index (χ0v) is 17.0. The lowest BCUT2D eigenvalue weighted by Gasteiger charge is -2.30. The van der Waals surface area contributed by atoms with Gasteiger partial charge in [-0.2, -0.15) is 4.98 Å². The van der Waals surface area contributed by atoms with Crippen molar-refractivity contribution < 1.29 is 13.5 Å². The summed E-state index contributed by atoms with van der Waals surface area (Å²) < 4.78 is 22.8. The molecule has 1 saturated carbocycles. The second-order valence-corrected chi connectivity index (χ2v) is 8.37. The van der Waals surface area contributed by atoms with Crippen molar-refractivity contribution in [3.63, 3.8) is 0 Å². The van der Waals surface area contributed by atoms with E-state index >= 15 is 0 Å². The SMILES string of the molecule is CCOC(C)c1noc(CNC(=NC)NC2CCCC(S(=O)CC)C2)n1. The summed E-state index contributed by atoms with van der Waals surface area (Å²) in [6, 6.07) is 0.284. The molecule has 1 aromatic rings. The van der Waals surface area contributed by atoms with Crippen LogP contribution in [-0.2, 0) is 22.1 Å². The lowest BCUT2D eigenvalue weighted by atomic mass is 9.95. The fraction of sp³-hybridized carbons (Fsp3) is 0.824. The van der Waals surface area contributed by atoms with Gasteiger partial charge in [0.05, 0.1) is 6.54 Å². The molecule has 26 heavy (non-hydrogen) atoms. The Labute approximate surface area is 158 Å². The maximum atomic E-state index is 12.1. The molecule has 0 amide bonds. The summed E-state index contributed by atoms with van der Waals surface area (Å²) in [4.78, 5) is 8.60. The molecule has 8 nitrogen and oxygen atoms in total. The van der Waals surface area contributed by atoms with Gasteiger partial charge in [0.2, 0.25) is 5.89 Å². The summed E-state index contributed by atoms with van der Waals surface area (Å²) in [5.74, 6) is 2.45. The molecule has 2 rings (SSSR count). The van der Waals surface area contributed by atoms with Gasteiger partial charge in [-0.05, 0) is 33.1 Å². The Morgan fingerprint density at radius 2 is 2.27 bits per heavy atom. The fourth-order valence-corrected chi connectivity index (χ4v) is 4.48. The first kappa shape index (κ1) is 20.8. The van der Waals surface area contributed by atoms with Gasteiger partial charge in [0.15, 0.2) is 11.8 Å². The molecular weight excluding hydrogens is 354 g/mol. The summed E-state index contributed by atoms with van der Waals surface area (Å²) in [5.41, 5.74) is 0. The van der Waals surface area contributed by atoms with Gasteiger partial charge in [-0.25, -0.2) is 0 Å². The molecule has 148 valence electrons. The van der Waals surface area contributed by atoms with E-state index in [2.05, 4.69) is 25.8 Å². The van der Waals surface area contributed by atoms with E-state index in [-0.39, 0.29) is 17.4 Å². The van der Waals surface area contributed by atoms with Crippen LogP contribution in [0.5, 0.6) is 0 Å². The van der Waals surface area contributed by atoms with E-state index < -0.39 is 10.8 Å². The maximum absolute atomic E-state index is 12.1. The Balaban J connectivity index is 1.83. The second-order valence-electron chi connectivity index (χ2n) is 6.37. The van der Waals surface area contributed by atoms with Crippen molar-refractivity contribution in [2.75, 3.05) is 19.4 Å². The Kier molecular flexibility index (Phi) is 8.50. The van der Waals surface area contributed by atoms with Gasteiger partial charge in [0.25, 0.3) is 0 Å². The molecule has 4 atom stereocenters. The molecule has 1 fully saturated rings. The summed E-state index contributed by atoms with van der Waals surface area (Å²) in [6.07, 6.45) is 3.93. The standard InChI is InChI=1S/C17H31N5O3S/c1-5-24-12(3)16-21-15(25-22-16)11-19-17(18-4)20-13-8-7-9-14(10-13)26(23)6-2/h12-14H,5-11H2,1-4H3,(H2,18,19,20). The summed E-state index contributed by atoms with van der Waals surface area (Å²) in [6.45, 7) is 6.80. The predicted molar refractivity (Wildman–Crippen MR) is 102 cm³/mol. The Morgan fingerprint density at radius 3 is 2.96 bits per heavy atom. The van der Waals surface area contributed by atoms with Gasteiger partial charge in [0.1, 0.15) is 6.10 Å². The average molecular weight is 386 g/mol. The van der Waals surface area contributed by atoms with Crippen LogP contribution in [0.4, 0.5) is 0 Å². The van der Waals surface area contributed by atoms with Crippen LogP contribution in [0, 0.1) is 0 Å². The molecule has 1 aromatic heterocycles. The molecule has 1 aliphatic rings. The molecular formula is C17H31N5O3S. The van der Waals surface area contributed by atoms with Crippen LogP contribution in [0.25, 0.3) is 0 Å². The first-order valence-electron chi connectivity index (χ1n) is 9.35. The summed E-state index contributed by atoms with van der Waals surface area (Å²) in [7, 11) is 0.999. The highest BCUT2D eigenvalue weighted by atomic mass is 32.2. The zero-order chi connectivity index (χ0) is 18.9. The van der Waals surface area contributed by atoms with Crippen molar-refractivity contribution in [3.05, 3.63) is 11.7 Å². The minimum atomic E-state index is -0.733. The van der Waals surface area contributed by atoms with Crippen molar-refractivity contribution in [2.45, 2.75) is 70.4 Å². The molecule has 0 aromatic carbocycles. The van der Waals surface area contributed by atoms with E-state index in [0.717, 1.165) is 31.4 Å². The van der Waals surface area contributed by atoms with E-state index in [1.165, 1.54) is 0 Å². The number of hydrogen-bond donors (Lipinski definition) is 2. The van der Waals surface area contributed by atoms with Gasteiger partial charge >= 0.3 is 0 Å². The van der Waals surface area contributed by atoms with Crippen molar-refractivity contribution >= 4 is 16.8 Å². The molecule has 4 unspecified atom stereocenters. The highest BCUT2D eigenvalue weighted by molar-refractivity contribution is 7.85. The van der Waals surface area contributed by atoms with Gasteiger partial charge in [-0.3, -0.25) is 9.20 Å². The molecule has 9 heteroatoms.